The summed E-state index contributed by atoms with van der Waals surface area (Å²) < 4.78 is 40.4. The molecule has 3 aliphatic carbocycles. The zero-order valence-electron chi connectivity index (χ0n) is 15.1. The molecule has 7 atom stereocenters. The lowest BCUT2D eigenvalue weighted by atomic mass is 9.54. The summed E-state index contributed by atoms with van der Waals surface area (Å²) in [7, 11) is 0. The van der Waals surface area contributed by atoms with Crippen LogP contribution in [0, 0.1) is 23.2 Å². The summed E-state index contributed by atoms with van der Waals surface area (Å²) in [5, 5.41) is 28.3. The molecule has 2 fully saturated rings. The third kappa shape index (κ3) is 2.15. The number of halogens is 3. The molecule has 2 N–H and O–H groups in total. The number of fused-ring (bicyclic) bond motifs is 7. The van der Waals surface area contributed by atoms with Crippen LogP contribution in [0.2, 0.25) is 0 Å². The fourth-order valence-corrected chi connectivity index (χ4v) is 6.70. The molecule has 0 spiro atoms. The van der Waals surface area contributed by atoms with Gasteiger partial charge in [0.15, 0.2) is 11.8 Å². The molecular formula is C20H23F3N2O2. The molecule has 146 valence electrons. The number of aryl methyl sites for hydroxylation is 1. The number of hydrogen-bond donors (Lipinski definition) is 2. The van der Waals surface area contributed by atoms with Crippen LogP contribution in [0.3, 0.4) is 0 Å². The number of alkyl halides is 3. The summed E-state index contributed by atoms with van der Waals surface area (Å²) >= 11 is 0. The second kappa shape index (κ2) is 5.25. The smallest absolute Gasteiger partial charge is 0.413 e. The second-order valence-electron chi connectivity index (χ2n) is 9.03. The highest BCUT2D eigenvalue weighted by Crippen LogP contribution is 2.69. The maximum atomic E-state index is 13.5. The van der Waals surface area contributed by atoms with Gasteiger partial charge in [-0.15, -0.1) is 0 Å². The van der Waals surface area contributed by atoms with Crippen molar-refractivity contribution in [2.75, 3.05) is 0 Å². The highest BCUT2D eigenvalue weighted by molar-refractivity contribution is 5.40. The van der Waals surface area contributed by atoms with Gasteiger partial charge in [-0.1, -0.05) is 13.0 Å². The van der Waals surface area contributed by atoms with Gasteiger partial charge in [-0.2, -0.15) is 23.4 Å². The van der Waals surface area contributed by atoms with Crippen molar-refractivity contribution in [3.63, 3.8) is 0 Å². The van der Waals surface area contributed by atoms with Gasteiger partial charge < -0.3 is 10.2 Å². The molecule has 7 heteroatoms. The molecule has 2 saturated carbocycles. The van der Waals surface area contributed by atoms with Crippen molar-refractivity contribution in [2.45, 2.75) is 62.9 Å². The standard InChI is InChI=1S/C20H23F3N2O2/c1-18-7-6-13-12-5-3-11(26)8-10(12)2-4-14(13)15(18)9-16-17(20(21,22)23)24-25-19(16,18)27/h3,5,8,13-17,26-27H,2,4,6-7,9H2,1H3/t13?,14?,15?,16?,17?,18-,19?/m0/s1. The van der Waals surface area contributed by atoms with E-state index in [1.165, 1.54) is 5.56 Å². The molecular weight excluding hydrogens is 357 g/mol. The predicted molar refractivity (Wildman–Crippen MR) is 91.2 cm³/mol. The van der Waals surface area contributed by atoms with Gasteiger partial charge in [0, 0.05) is 11.3 Å². The van der Waals surface area contributed by atoms with Crippen LogP contribution in [-0.4, -0.2) is 28.2 Å². The quantitative estimate of drug-likeness (QED) is 0.693. The summed E-state index contributed by atoms with van der Waals surface area (Å²) in [5.74, 6) is -0.216. The Labute approximate surface area is 155 Å². The first kappa shape index (κ1) is 17.5. The minimum atomic E-state index is -4.47. The lowest BCUT2D eigenvalue weighted by Gasteiger charge is -2.51. The minimum absolute atomic E-state index is 0.00250. The molecule has 0 saturated heterocycles. The van der Waals surface area contributed by atoms with E-state index in [0.717, 1.165) is 24.8 Å². The number of benzene rings is 1. The van der Waals surface area contributed by atoms with E-state index >= 15 is 0 Å². The van der Waals surface area contributed by atoms with Gasteiger partial charge in [-0.05, 0) is 73.1 Å². The fraction of sp³-hybridized carbons (Fsp3) is 0.700. The van der Waals surface area contributed by atoms with Crippen LogP contribution in [0.25, 0.3) is 0 Å². The Balaban J connectivity index is 1.52. The Morgan fingerprint density at radius 3 is 2.70 bits per heavy atom. The van der Waals surface area contributed by atoms with Crippen molar-refractivity contribution < 1.29 is 23.4 Å². The van der Waals surface area contributed by atoms with E-state index in [1.54, 1.807) is 6.07 Å². The third-order valence-corrected chi connectivity index (χ3v) is 8.02. The lowest BCUT2D eigenvalue weighted by molar-refractivity contribution is -0.172. The van der Waals surface area contributed by atoms with Crippen LogP contribution >= 0.6 is 0 Å². The zero-order chi connectivity index (χ0) is 19.2. The van der Waals surface area contributed by atoms with Crippen LogP contribution in [-0.2, 0) is 6.42 Å². The summed E-state index contributed by atoms with van der Waals surface area (Å²) in [6.45, 7) is 1.91. The number of phenolic OH excluding ortho intramolecular Hbond substituents is 1. The van der Waals surface area contributed by atoms with Crippen molar-refractivity contribution in [3.8, 4) is 5.75 Å². The Bertz CT molecular complexity index is 826. The summed E-state index contributed by atoms with van der Waals surface area (Å²) in [5.41, 5.74) is -0.0248. The number of nitrogens with zero attached hydrogens (tertiary/aromatic N) is 2. The molecule has 4 nitrogen and oxygen atoms in total. The van der Waals surface area contributed by atoms with E-state index in [1.807, 2.05) is 19.1 Å². The number of rotatable bonds is 0. The highest BCUT2D eigenvalue weighted by atomic mass is 19.4. The third-order valence-electron chi connectivity index (χ3n) is 8.02. The van der Waals surface area contributed by atoms with E-state index < -0.39 is 29.3 Å². The summed E-state index contributed by atoms with van der Waals surface area (Å²) in [6, 6.07) is 3.58. The molecule has 4 aliphatic rings. The van der Waals surface area contributed by atoms with Crippen LogP contribution in [0.15, 0.2) is 28.4 Å². The lowest BCUT2D eigenvalue weighted by Crippen LogP contribution is -2.52. The molecule has 0 radical (unpaired) electrons. The van der Waals surface area contributed by atoms with Gasteiger partial charge in [0.2, 0.25) is 0 Å². The first-order chi connectivity index (χ1) is 12.6. The van der Waals surface area contributed by atoms with E-state index in [2.05, 4.69) is 10.2 Å². The molecule has 0 bridgehead atoms. The summed E-state index contributed by atoms with van der Waals surface area (Å²) in [6.07, 6.45) is -1.02. The molecule has 1 aliphatic heterocycles. The van der Waals surface area contributed by atoms with Crippen molar-refractivity contribution in [1.29, 1.82) is 0 Å². The number of azo groups is 1. The maximum absolute atomic E-state index is 13.5. The number of aromatic hydroxyl groups is 1. The molecule has 1 heterocycles. The molecule has 1 aromatic carbocycles. The fourth-order valence-electron chi connectivity index (χ4n) is 6.70. The first-order valence-electron chi connectivity index (χ1n) is 9.68. The molecule has 5 rings (SSSR count). The zero-order valence-corrected chi connectivity index (χ0v) is 15.1. The van der Waals surface area contributed by atoms with Gasteiger partial charge in [0.05, 0.1) is 0 Å². The Morgan fingerprint density at radius 2 is 1.96 bits per heavy atom. The second-order valence-corrected chi connectivity index (χ2v) is 9.03. The number of hydrogen-bond acceptors (Lipinski definition) is 4. The predicted octanol–water partition coefficient (Wildman–Crippen LogP) is 4.56. The average molecular weight is 380 g/mol. The maximum Gasteiger partial charge on any atom is 0.413 e. The Hall–Kier alpha value is -1.63. The average Bonchev–Trinajstić information content (AvgIpc) is 3.05. The SMILES string of the molecule is C[C@]12CCC3c4ccc(O)cc4CCC3C1CC1C(C(F)(F)F)N=NC12O. The van der Waals surface area contributed by atoms with Gasteiger partial charge in [0.25, 0.3) is 0 Å². The van der Waals surface area contributed by atoms with Crippen LogP contribution in [0.5, 0.6) is 5.75 Å². The molecule has 1 aromatic rings. The topological polar surface area (TPSA) is 65.2 Å². The number of phenols is 1. The van der Waals surface area contributed by atoms with E-state index in [0.29, 0.717) is 12.8 Å². The van der Waals surface area contributed by atoms with Gasteiger partial charge in [0.1, 0.15) is 5.75 Å². The van der Waals surface area contributed by atoms with Crippen LogP contribution in [0.1, 0.15) is 49.7 Å². The van der Waals surface area contributed by atoms with Crippen molar-refractivity contribution in [2.24, 2.45) is 33.4 Å². The van der Waals surface area contributed by atoms with Crippen molar-refractivity contribution in [1.82, 2.24) is 0 Å². The Morgan fingerprint density at radius 1 is 1.19 bits per heavy atom. The van der Waals surface area contributed by atoms with E-state index in [9.17, 15) is 23.4 Å². The normalized spacial score (nSPS) is 45.1. The minimum Gasteiger partial charge on any atom is -0.508 e. The molecule has 6 unspecified atom stereocenters. The Kier molecular flexibility index (Phi) is 3.39. The molecule has 27 heavy (non-hydrogen) atoms. The molecule has 0 aromatic heterocycles. The van der Waals surface area contributed by atoms with E-state index in [-0.39, 0.29) is 23.5 Å². The number of aliphatic hydroxyl groups is 1. The van der Waals surface area contributed by atoms with Gasteiger partial charge in [-0.3, -0.25) is 0 Å². The monoisotopic (exact) mass is 380 g/mol. The van der Waals surface area contributed by atoms with Crippen molar-refractivity contribution in [3.05, 3.63) is 29.3 Å². The van der Waals surface area contributed by atoms with E-state index in [4.69, 9.17) is 0 Å². The van der Waals surface area contributed by atoms with Gasteiger partial charge in [-0.25, -0.2) is 0 Å². The molecule has 0 amide bonds. The van der Waals surface area contributed by atoms with Crippen LogP contribution < -0.4 is 0 Å². The van der Waals surface area contributed by atoms with Gasteiger partial charge >= 0.3 is 6.18 Å². The van der Waals surface area contributed by atoms with Crippen molar-refractivity contribution >= 4 is 0 Å². The first-order valence-corrected chi connectivity index (χ1v) is 9.68. The summed E-state index contributed by atoms with van der Waals surface area (Å²) in [4.78, 5) is 0. The van der Waals surface area contributed by atoms with Crippen LogP contribution in [0.4, 0.5) is 13.2 Å². The largest absolute Gasteiger partial charge is 0.508 e. The highest BCUT2D eigenvalue weighted by Gasteiger charge is 2.72.